The second-order valence-electron chi connectivity index (χ2n) is 5.19. The molecular weight excluding hydrogens is 202 g/mol. The Labute approximate surface area is 99.6 Å². The molecule has 0 saturated heterocycles. The molecule has 1 saturated carbocycles. The summed E-state index contributed by atoms with van der Waals surface area (Å²) >= 11 is 0. The van der Waals surface area contributed by atoms with E-state index >= 15 is 0 Å². The second-order valence-corrected chi connectivity index (χ2v) is 5.19. The molecule has 16 heavy (non-hydrogen) atoms. The van der Waals surface area contributed by atoms with Crippen molar-refractivity contribution in [3.05, 3.63) is 0 Å². The summed E-state index contributed by atoms with van der Waals surface area (Å²) in [4.78, 5) is 0. The Morgan fingerprint density at radius 1 is 1.31 bits per heavy atom. The molecule has 0 heterocycles. The van der Waals surface area contributed by atoms with Gasteiger partial charge in [-0.1, -0.05) is 26.7 Å². The van der Waals surface area contributed by atoms with E-state index in [9.17, 15) is 0 Å². The molecule has 96 valence electrons. The summed E-state index contributed by atoms with van der Waals surface area (Å²) < 4.78 is 5.54. The Morgan fingerprint density at radius 3 is 2.56 bits per heavy atom. The van der Waals surface area contributed by atoms with Crippen LogP contribution in [0.4, 0.5) is 0 Å². The number of methoxy groups -OCH3 is 1. The van der Waals surface area contributed by atoms with Gasteiger partial charge in [0.2, 0.25) is 0 Å². The van der Waals surface area contributed by atoms with E-state index in [1.54, 1.807) is 7.11 Å². The van der Waals surface area contributed by atoms with Crippen LogP contribution in [-0.4, -0.2) is 37.0 Å². The molecule has 0 aromatic carbocycles. The molecule has 2 N–H and O–H groups in total. The van der Waals surface area contributed by atoms with Crippen molar-refractivity contribution < 1.29 is 9.84 Å². The van der Waals surface area contributed by atoms with E-state index < -0.39 is 0 Å². The zero-order valence-corrected chi connectivity index (χ0v) is 10.9. The van der Waals surface area contributed by atoms with Crippen molar-refractivity contribution in [1.82, 2.24) is 5.32 Å². The molecule has 0 spiro atoms. The molecule has 3 atom stereocenters. The number of rotatable bonds is 6. The fourth-order valence-electron chi connectivity index (χ4n) is 2.59. The SMILES string of the molecule is COC1CCCCC1NC(CCO)C(C)C. The summed E-state index contributed by atoms with van der Waals surface area (Å²) in [5, 5.41) is 12.7. The van der Waals surface area contributed by atoms with Gasteiger partial charge in [0, 0.05) is 25.8 Å². The highest BCUT2D eigenvalue weighted by Crippen LogP contribution is 2.22. The first-order valence-electron chi connectivity index (χ1n) is 6.58. The fourth-order valence-corrected chi connectivity index (χ4v) is 2.59. The Balaban J connectivity index is 2.47. The fraction of sp³-hybridized carbons (Fsp3) is 1.00. The molecule has 1 aliphatic rings. The molecule has 1 rings (SSSR count). The van der Waals surface area contributed by atoms with E-state index in [0.29, 0.717) is 24.1 Å². The number of hydrogen-bond donors (Lipinski definition) is 2. The average molecular weight is 229 g/mol. The van der Waals surface area contributed by atoms with Crippen LogP contribution in [0.3, 0.4) is 0 Å². The summed E-state index contributed by atoms with van der Waals surface area (Å²) in [5.74, 6) is 0.562. The van der Waals surface area contributed by atoms with E-state index in [1.165, 1.54) is 19.3 Å². The van der Waals surface area contributed by atoms with Gasteiger partial charge in [-0.2, -0.15) is 0 Å². The Morgan fingerprint density at radius 2 is 2.00 bits per heavy atom. The number of ether oxygens (including phenoxy) is 1. The van der Waals surface area contributed by atoms with Crippen LogP contribution in [-0.2, 0) is 4.74 Å². The maximum Gasteiger partial charge on any atom is 0.0724 e. The molecule has 3 unspecified atom stereocenters. The third-order valence-electron chi connectivity index (χ3n) is 3.68. The first kappa shape index (κ1) is 13.9. The van der Waals surface area contributed by atoms with Gasteiger partial charge in [0.05, 0.1) is 6.10 Å². The molecular formula is C13H27NO2. The van der Waals surface area contributed by atoms with Crippen molar-refractivity contribution in [3.63, 3.8) is 0 Å². The number of hydrogen-bond acceptors (Lipinski definition) is 3. The molecule has 0 amide bonds. The predicted molar refractivity (Wildman–Crippen MR) is 66.5 cm³/mol. The van der Waals surface area contributed by atoms with Crippen molar-refractivity contribution >= 4 is 0 Å². The van der Waals surface area contributed by atoms with E-state index in [1.807, 2.05) is 0 Å². The molecule has 0 aromatic heterocycles. The third kappa shape index (κ3) is 4.04. The molecule has 0 radical (unpaired) electrons. The van der Waals surface area contributed by atoms with Crippen LogP contribution >= 0.6 is 0 Å². The van der Waals surface area contributed by atoms with E-state index in [2.05, 4.69) is 19.2 Å². The van der Waals surface area contributed by atoms with Crippen LogP contribution in [0.15, 0.2) is 0 Å². The molecule has 3 heteroatoms. The minimum absolute atomic E-state index is 0.264. The maximum absolute atomic E-state index is 9.07. The van der Waals surface area contributed by atoms with Crippen LogP contribution in [0.2, 0.25) is 0 Å². The number of aliphatic hydroxyl groups is 1. The Bertz CT molecular complexity index is 185. The summed E-state index contributed by atoms with van der Waals surface area (Å²) in [5.41, 5.74) is 0. The van der Waals surface area contributed by atoms with Gasteiger partial charge in [0.25, 0.3) is 0 Å². The van der Waals surface area contributed by atoms with E-state index in [0.717, 1.165) is 12.8 Å². The van der Waals surface area contributed by atoms with Crippen LogP contribution in [0.25, 0.3) is 0 Å². The van der Waals surface area contributed by atoms with E-state index in [4.69, 9.17) is 9.84 Å². The zero-order valence-electron chi connectivity index (χ0n) is 10.9. The van der Waals surface area contributed by atoms with Gasteiger partial charge in [-0.05, 0) is 25.2 Å². The minimum Gasteiger partial charge on any atom is -0.396 e. The van der Waals surface area contributed by atoms with Crippen molar-refractivity contribution in [3.8, 4) is 0 Å². The van der Waals surface area contributed by atoms with Gasteiger partial charge in [-0.3, -0.25) is 0 Å². The molecule has 0 bridgehead atoms. The lowest BCUT2D eigenvalue weighted by atomic mass is 9.90. The highest BCUT2D eigenvalue weighted by atomic mass is 16.5. The van der Waals surface area contributed by atoms with Crippen LogP contribution < -0.4 is 5.32 Å². The summed E-state index contributed by atoms with van der Waals surface area (Å²) in [6.45, 7) is 4.68. The Hall–Kier alpha value is -0.120. The monoisotopic (exact) mass is 229 g/mol. The third-order valence-corrected chi connectivity index (χ3v) is 3.68. The standard InChI is InChI=1S/C13H27NO2/c1-10(2)11(8-9-15)14-12-6-4-5-7-13(12)16-3/h10-15H,4-9H2,1-3H3. The van der Waals surface area contributed by atoms with Crippen LogP contribution in [0.1, 0.15) is 46.0 Å². The summed E-state index contributed by atoms with van der Waals surface area (Å²) in [7, 11) is 1.81. The number of aliphatic hydroxyl groups excluding tert-OH is 1. The molecule has 0 aromatic rings. The summed E-state index contributed by atoms with van der Waals surface area (Å²) in [6, 6.07) is 0.878. The second kappa shape index (κ2) is 7.25. The Kier molecular flexibility index (Phi) is 6.32. The van der Waals surface area contributed by atoms with Crippen molar-refractivity contribution in [1.29, 1.82) is 0 Å². The van der Waals surface area contributed by atoms with Crippen LogP contribution in [0.5, 0.6) is 0 Å². The minimum atomic E-state index is 0.264. The summed E-state index contributed by atoms with van der Waals surface area (Å²) in [6.07, 6.45) is 6.13. The molecule has 3 nitrogen and oxygen atoms in total. The average Bonchev–Trinajstić information content (AvgIpc) is 2.29. The zero-order chi connectivity index (χ0) is 12.0. The number of nitrogens with one attached hydrogen (secondary N) is 1. The van der Waals surface area contributed by atoms with Gasteiger partial charge in [0.1, 0.15) is 0 Å². The lowest BCUT2D eigenvalue weighted by Crippen LogP contribution is -2.49. The van der Waals surface area contributed by atoms with Crippen molar-refractivity contribution in [2.75, 3.05) is 13.7 Å². The van der Waals surface area contributed by atoms with Gasteiger partial charge >= 0.3 is 0 Å². The lowest BCUT2D eigenvalue weighted by molar-refractivity contribution is 0.0337. The van der Waals surface area contributed by atoms with Gasteiger partial charge in [-0.15, -0.1) is 0 Å². The molecule has 1 fully saturated rings. The first-order chi connectivity index (χ1) is 7.69. The van der Waals surface area contributed by atoms with E-state index in [-0.39, 0.29) is 6.61 Å². The van der Waals surface area contributed by atoms with Crippen molar-refractivity contribution in [2.24, 2.45) is 5.92 Å². The molecule has 0 aliphatic heterocycles. The normalized spacial score (nSPS) is 28.3. The van der Waals surface area contributed by atoms with Crippen LogP contribution in [0, 0.1) is 5.92 Å². The highest BCUT2D eigenvalue weighted by Gasteiger charge is 2.27. The highest BCUT2D eigenvalue weighted by molar-refractivity contribution is 4.85. The topological polar surface area (TPSA) is 41.5 Å². The lowest BCUT2D eigenvalue weighted by Gasteiger charge is -2.35. The maximum atomic E-state index is 9.07. The first-order valence-corrected chi connectivity index (χ1v) is 6.58. The van der Waals surface area contributed by atoms with Gasteiger partial charge in [-0.25, -0.2) is 0 Å². The molecule has 1 aliphatic carbocycles. The quantitative estimate of drug-likeness (QED) is 0.731. The van der Waals surface area contributed by atoms with Crippen molar-refractivity contribution in [2.45, 2.75) is 64.1 Å². The largest absolute Gasteiger partial charge is 0.396 e. The van der Waals surface area contributed by atoms with Gasteiger partial charge in [0.15, 0.2) is 0 Å². The van der Waals surface area contributed by atoms with Gasteiger partial charge < -0.3 is 15.2 Å². The predicted octanol–water partition coefficient (Wildman–Crippen LogP) is 1.94. The smallest absolute Gasteiger partial charge is 0.0724 e.